The van der Waals surface area contributed by atoms with Crippen molar-refractivity contribution < 1.29 is 9.53 Å². The number of unbranched alkanes of at least 4 members (excludes halogenated alkanes) is 1. The fraction of sp³-hybridized carbons (Fsp3) is 0.875. The maximum absolute atomic E-state index is 11.9. The van der Waals surface area contributed by atoms with Crippen LogP contribution in [0.25, 0.3) is 0 Å². The highest BCUT2D eigenvalue weighted by Crippen LogP contribution is 2.08. The Morgan fingerprint density at radius 2 is 1.74 bits per heavy atom. The lowest BCUT2D eigenvalue weighted by Gasteiger charge is -2.25. The standard InChI is InChI=1S/C16H34N4O2.HI/c1-8-10-12-19(6)14(17-9-2)18-11-13-20(7)15(21)22-16(3,4)5;/h8-13H2,1-7H3,(H,17,18);1H. The lowest BCUT2D eigenvalue weighted by Crippen LogP contribution is -2.40. The van der Waals surface area contributed by atoms with Gasteiger partial charge in [-0.1, -0.05) is 13.3 Å². The summed E-state index contributed by atoms with van der Waals surface area (Å²) in [6.45, 7) is 12.7. The molecule has 0 aliphatic rings. The van der Waals surface area contributed by atoms with Gasteiger partial charge >= 0.3 is 6.09 Å². The lowest BCUT2D eigenvalue weighted by molar-refractivity contribution is 0.0304. The lowest BCUT2D eigenvalue weighted by atomic mass is 10.2. The van der Waals surface area contributed by atoms with Crippen LogP contribution in [-0.2, 0) is 4.74 Å². The van der Waals surface area contributed by atoms with Crippen molar-refractivity contribution in [1.29, 1.82) is 0 Å². The first-order valence-corrected chi connectivity index (χ1v) is 8.14. The molecule has 0 saturated carbocycles. The topological polar surface area (TPSA) is 57.2 Å². The van der Waals surface area contributed by atoms with Crippen molar-refractivity contribution in [2.45, 2.75) is 53.1 Å². The first kappa shape index (κ1) is 24.5. The maximum atomic E-state index is 11.9. The average molecular weight is 442 g/mol. The van der Waals surface area contributed by atoms with Gasteiger partial charge in [0.1, 0.15) is 5.60 Å². The highest BCUT2D eigenvalue weighted by Gasteiger charge is 2.19. The minimum atomic E-state index is -0.468. The minimum absolute atomic E-state index is 0. The van der Waals surface area contributed by atoms with E-state index in [2.05, 4.69) is 29.1 Å². The summed E-state index contributed by atoms with van der Waals surface area (Å²) in [5.41, 5.74) is -0.468. The molecule has 0 aromatic heterocycles. The first-order chi connectivity index (χ1) is 10.2. The van der Waals surface area contributed by atoms with Gasteiger partial charge in [-0.25, -0.2) is 4.79 Å². The molecular weight excluding hydrogens is 407 g/mol. The fourth-order valence-electron chi connectivity index (χ4n) is 1.71. The zero-order chi connectivity index (χ0) is 17.2. The Labute approximate surface area is 159 Å². The van der Waals surface area contributed by atoms with E-state index in [1.165, 1.54) is 0 Å². The molecule has 0 aromatic carbocycles. The van der Waals surface area contributed by atoms with Gasteiger partial charge in [0.2, 0.25) is 0 Å². The van der Waals surface area contributed by atoms with Crippen LogP contribution in [0.2, 0.25) is 0 Å². The Kier molecular flexibility index (Phi) is 13.5. The molecule has 7 heteroatoms. The SMILES string of the molecule is CCCCN(C)C(=NCCN(C)C(=O)OC(C)(C)C)NCC.I. The van der Waals surface area contributed by atoms with Gasteiger partial charge in [0.25, 0.3) is 0 Å². The van der Waals surface area contributed by atoms with Crippen LogP contribution in [0, 0.1) is 0 Å². The van der Waals surface area contributed by atoms with Crippen molar-refractivity contribution in [2.75, 3.05) is 40.3 Å². The molecule has 0 fully saturated rings. The Morgan fingerprint density at radius 1 is 1.13 bits per heavy atom. The summed E-state index contributed by atoms with van der Waals surface area (Å²) in [5, 5.41) is 3.27. The van der Waals surface area contributed by atoms with Crippen molar-refractivity contribution in [3.8, 4) is 0 Å². The van der Waals surface area contributed by atoms with Crippen LogP contribution in [0.4, 0.5) is 4.79 Å². The predicted molar refractivity (Wildman–Crippen MR) is 108 cm³/mol. The summed E-state index contributed by atoms with van der Waals surface area (Å²) >= 11 is 0. The molecule has 0 radical (unpaired) electrons. The van der Waals surface area contributed by atoms with E-state index >= 15 is 0 Å². The van der Waals surface area contributed by atoms with E-state index in [0.29, 0.717) is 13.1 Å². The summed E-state index contributed by atoms with van der Waals surface area (Å²) in [5.74, 6) is 0.883. The van der Waals surface area contributed by atoms with Crippen LogP contribution in [-0.4, -0.2) is 67.7 Å². The molecule has 0 heterocycles. The number of carbonyl (C=O) groups is 1. The second-order valence-corrected chi connectivity index (χ2v) is 6.41. The number of amides is 1. The second kappa shape index (κ2) is 12.7. The average Bonchev–Trinajstić information content (AvgIpc) is 2.41. The van der Waals surface area contributed by atoms with Crippen molar-refractivity contribution in [3.63, 3.8) is 0 Å². The van der Waals surface area contributed by atoms with Gasteiger partial charge in [0.15, 0.2) is 5.96 Å². The largest absolute Gasteiger partial charge is 0.444 e. The monoisotopic (exact) mass is 442 g/mol. The zero-order valence-corrected chi connectivity index (χ0v) is 18.1. The number of hydrogen-bond acceptors (Lipinski definition) is 3. The van der Waals surface area contributed by atoms with E-state index in [1.54, 1.807) is 11.9 Å². The number of hydrogen-bond donors (Lipinski definition) is 1. The van der Waals surface area contributed by atoms with Gasteiger partial charge in [-0.2, -0.15) is 0 Å². The van der Waals surface area contributed by atoms with Crippen molar-refractivity contribution in [3.05, 3.63) is 0 Å². The van der Waals surface area contributed by atoms with Crippen molar-refractivity contribution in [2.24, 2.45) is 4.99 Å². The predicted octanol–water partition coefficient (Wildman–Crippen LogP) is 3.17. The van der Waals surface area contributed by atoms with Gasteiger partial charge in [-0.05, 0) is 34.1 Å². The van der Waals surface area contributed by atoms with Gasteiger partial charge in [-0.15, -0.1) is 24.0 Å². The molecule has 1 N–H and O–H groups in total. The number of nitrogens with one attached hydrogen (secondary N) is 1. The Bertz CT molecular complexity index is 356. The normalized spacial score (nSPS) is 11.5. The number of aliphatic imine (C=N–C) groups is 1. The van der Waals surface area contributed by atoms with Crippen LogP contribution in [0.15, 0.2) is 4.99 Å². The molecule has 0 aliphatic heterocycles. The van der Waals surface area contributed by atoms with Crippen LogP contribution in [0.1, 0.15) is 47.5 Å². The number of guanidine groups is 1. The van der Waals surface area contributed by atoms with Crippen LogP contribution in [0.3, 0.4) is 0 Å². The quantitative estimate of drug-likeness (QED) is 0.374. The van der Waals surface area contributed by atoms with Gasteiger partial charge in [-0.3, -0.25) is 4.99 Å². The van der Waals surface area contributed by atoms with Crippen molar-refractivity contribution >= 4 is 36.0 Å². The molecule has 0 unspecified atom stereocenters. The number of ether oxygens (including phenoxy) is 1. The highest BCUT2D eigenvalue weighted by molar-refractivity contribution is 14.0. The molecule has 0 aliphatic carbocycles. The molecule has 6 nitrogen and oxygen atoms in total. The number of likely N-dealkylation sites (N-methyl/N-ethyl adjacent to an activating group) is 1. The molecular formula is C16H35IN4O2. The molecule has 138 valence electrons. The van der Waals surface area contributed by atoms with Crippen LogP contribution >= 0.6 is 24.0 Å². The molecule has 0 atom stereocenters. The van der Waals surface area contributed by atoms with E-state index in [1.807, 2.05) is 27.8 Å². The van der Waals surface area contributed by atoms with Gasteiger partial charge in [0.05, 0.1) is 6.54 Å². The van der Waals surface area contributed by atoms with Crippen LogP contribution in [0.5, 0.6) is 0 Å². The maximum Gasteiger partial charge on any atom is 0.410 e. The highest BCUT2D eigenvalue weighted by atomic mass is 127. The van der Waals surface area contributed by atoms with E-state index in [-0.39, 0.29) is 30.1 Å². The second-order valence-electron chi connectivity index (χ2n) is 6.41. The Hall–Kier alpha value is -0.730. The minimum Gasteiger partial charge on any atom is -0.444 e. The summed E-state index contributed by atoms with van der Waals surface area (Å²) in [7, 11) is 3.77. The fourth-order valence-corrected chi connectivity index (χ4v) is 1.71. The third kappa shape index (κ3) is 12.4. The van der Waals surface area contributed by atoms with Crippen molar-refractivity contribution in [1.82, 2.24) is 15.1 Å². The molecule has 1 amide bonds. The first-order valence-electron chi connectivity index (χ1n) is 8.14. The molecule has 0 aromatic rings. The number of nitrogens with zero attached hydrogens (tertiary/aromatic N) is 3. The molecule has 0 spiro atoms. The van der Waals surface area contributed by atoms with E-state index in [9.17, 15) is 4.79 Å². The number of carbonyl (C=O) groups excluding carboxylic acids is 1. The summed E-state index contributed by atoms with van der Waals surface area (Å²) in [6, 6.07) is 0. The third-order valence-electron chi connectivity index (χ3n) is 2.95. The van der Waals surface area contributed by atoms with E-state index in [0.717, 1.165) is 31.9 Å². The van der Waals surface area contributed by atoms with Gasteiger partial charge in [0, 0.05) is 33.7 Å². The third-order valence-corrected chi connectivity index (χ3v) is 2.95. The van der Waals surface area contributed by atoms with Crippen LogP contribution < -0.4 is 5.32 Å². The molecule has 0 rings (SSSR count). The summed E-state index contributed by atoms with van der Waals surface area (Å²) in [6.07, 6.45) is 1.98. The van der Waals surface area contributed by atoms with Gasteiger partial charge < -0.3 is 19.9 Å². The Balaban J connectivity index is 0. The van der Waals surface area contributed by atoms with E-state index < -0.39 is 5.60 Å². The number of rotatable bonds is 7. The summed E-state index contributed by atoms with van der Waals surface area (Å²) < 4.78 is 5.32. The molecule has 0 saturated heterocycles. The Morgan fingerprint density at radius 3 is 2.22 bits per heavy atom. The summed E-state index contributed by atoms with van der Waals surface area (Å²) in [4.78, 5) is 20.1. The zero-order valence-electron chi connectivity index (χ0n) is 15.8. The molecule has 23 heavy (non-hydrogen) atoms. The molecule has 0 bridgehead atoms. The smallest absolute Gasteiger partial charge is 0.410 e. The van der Waals surface area contributed by atoms with E-state index in [4.69, 9.17) is 4.74 Å². The number of halogens is 1.